The molecule has 0 amide bonds. The number of rotatable bonds is 18. The minimum absolute atomic E-state index is 0.0309. The van der Waals surface area contributed by atoms with Crippen molar-refractivity contribution < 1.29 is 188 Å². The second-order valence-electron chi connectivity index (χ2n) is 22.1. The van der Waals surface area contributed by atoms with Crippen LogP contribution in [0.15, 0.2) is 127 Å². The van der Waals surface area contributed by atoms with E-state index < -0.39 is 271 Å². The summed E-state index contributed by atoms with van der Waals surface area (Å²) in [6.07, 6.45) is 0. The fourth-order valence-electron chi connectivity index (χ4n) is 9.15. The Morgan fingerprint density at radius 2 is 0.306 bits per heavy atom. The molecule has 0 saturated heterocycles. The number of carbonyl (C=O) groups excluding carboxylic acids is 9. The quantitative estimate of drug-likeness (QED) is 0.0232. The summed E-state index contributed by atoms with van der Waals surface area (Å²) in [5.41, 5.74) is -6.68. The van der Waals surface area contributed by atoms with Gasteiger partial charge in [0.25, 0.3) is 0 Å². The molecule has 10 aromatic carbocycles. The average molecular weight is 1490 g/mol. The summed E-state index contributed by atoms with van der Waals surface area (Å²) in [4.78, 5) is 122. The van der Waals surface area contributed by atoms with Gasteiger partial charge in [0.2, 0.25) is 34.5 Å². The van der Waals surface area contributed by atoms with E-state index in [1.165, 1.54) is 6.92 Å². The van der Waals surface area contributed by atoms with E-state index in [1.54, 1.807) is 0 Å². The standard InChI is InChI=1S/C70H44O38/c1-23-36(71)2-24(3-37(23)72)65(94)103-51-17-30(11-45(80)59(51)88)68(97)106-48-14-27(8-42(77)56(48)85)62(91)100-33-20-34(101-63(92)28-9-43(78)57(86)49(15-28)107-69(98)31-12-46(81)60(89)52(18-31)104-66(95)25-4-38(73)54(83)39(74)5-25)22-35(21-33)102-64(93)29-10-44(79)58(87)50(16-29)108-70(99)32-13-47(82)61(90)53(19-32)105-67(96)26-6-40(75)55(84)41(76)7-26/h2-22,71-90H,1H3. The molecule has 0 bridgehead atoms. The highest BCUT2D eigenvalue weighted by molar-refractivity contribution is 6.01. The summed E-state index contributed by atoms with van der Waals surface area (Å²) in [6, 6.07) is 13.1. The van der Waals surface area contributed by atoms with Gasteiger partial charge in [-0.2, -0.15) is 0 Å². The van der Waals surface area contributed by atoms with Crippen molar-refractivity contribution >= 4 is 53.7 Å². The number of hydrogen-bond donors (Lipinski definition) is 20. The maximum atomic E-state index is 14.0. The lowest BCUT2D eigenvalue weighted by atomic mass is 10.1. The number of phenolic OH excluding ortho intramolecular Hbond substituents is 20. The van der Waals surface area contributed by atoms with Crippen molar-refractivity contribution in [3.8, 4) is 167 Å². The lowest BCUT2D eigenvalue weighted by molar-refractivity contribution is 0.0697. The number of esters is 9. The predicted molar refractivity (Wildman–Crippen MR) is 347 cm³/mol. The van der Waals surface area contributed by atoms with E-state index in [9.17, 15) is 145 Å². The van der Waals surface area contributed by atoms with Gasteiger partial charge in [0.05, 0.1) is 50.1 Å². The minimum Gasteiger partial charge on any atom is -0.508 e. The molecule has 38 nitrogen and oxygen atoms in total. The van der Waals surface area contributed by atoms with Crippen LogP contribution in [0.5, 0.6) is 167 Å². The maximum Gasteiger partial charge on any atom is 0.343 e. The third-order valence-electron chi connectivity index (χ3n) is 14.6. The van der Waals surface area contributed by atoms with Gasteiger partial charge in [-0.3, -0.25) is 0 Å². The van der Waals surface area contributed by atoms with Gasteiger partial charge in [0.1, 0.15) is 28.7 Å². The van der Waals surface area contributed by atoms with Crippen molar-refractivity contribution in [1.29, 1.82) is 0 Å². The third-order valence-corrected chi connectivity index (χ3v) is 14.6. The first-order chi connectivity index (χ1) is 50.8. The van der Waals surface area contributed by atoms with E-state index in [1.807, 2.05) is 0 Å². The molecule has 0 saturated carbocycles. The number of aromatic hydroxyl groups is 20. The highest BCUT2D eigenvalue weighted by Crippen LogP contribution is 2.46. The second kappa shape index (κ2) is 29.2. The molecule has 0 fully saturated rings. The lowest BCUT2D eigenvalue weighted by Gasteiger charge is -2.14. The summed E-state index contributed by atoms with van der Waals surface area (Å²) in [5, 5.41) is 206. The normalized spacial score (nSPS) is 10.8. The largest absolute Gasteiger partial charge is 0.508 e. The van der Waals surface area contributed by atoms with Crippen LogP contribution >= 0.6 is 0 Å². The van der Waals surface area contributed by atoms with Gasteiger partial charge in [-0.25, -0.2) is 43.2 Å². The molecule has 0 aliphatic rings. The molecular formula is C70H44O38. The molecule has 0 spiro atoms. The van der Waals surface area contributed by atoms with Gasteiger partial charge in [0.15, 0.2) is 103 Å². The maximum absolute atomic E-state index is 14.0. The summed E-state index contributed by atoms with van der Waals surface area (Å²) < 4.78 is 46.9. The zero-order chi connectivity index (χ0) is 78.9. The van der Waals surface area contributed by atoms with Gasteiger partial charge in [-0.05, 0) is 116 Å². The molecule has 0 aliphatic heterocycles. The van der Waals surface area contributed by atoms with E-state index in [0.29, 0.717) is 115 Å². The topological polar surface area (TPSA) is 641 Å². The van der Waals surface area contributed by atoms with E-state index in [0.717, 1.165) is 12.1 Å². The summed E-state index contributed by atoms with van der Waals surface area (Å²) in [5.74, 6) is -44.0. The Kier molecular flexibility index (Phi) is 20.0. The van der Waals surface area contributed by atoms with E-state index in [-0.39, 0.29) is 5.56 Å². The number of benzene rings is 10. The van der Waals surface area contributed by atoms with E-state index in [2.05, 4.69) is 0 Å². The zero-order valence-corrected chi connectivity index (χ0v) is 53.4. The van der Waals surface area contributed by atoms with Crippen molar-refractivity contribution in [2.75, 3.05) is 0 Å². The third kappa shape index (κ3) is 15.6. The van der Waals surface area contributed by atoms with Crippen molar-refractivity contribution in [1.82, 2.24) is 0 Å². The van der Waals surface area contributed by atoms with Gasteiger partial charge in [-0.15, -0.1) is 0 Å². The van der Waals surface area contributed by atoms with Gasteiger partial charge >= 0.3 is 53.7 Å². The number of phenols is 20. The molecule has 0 radical (unpaired) electrons. The molecule has 552 valence electrons. The molecule has 0 heterocycles. The molecule has 0 aromatic heterocycles. The van der Waals surface area contributed by atoms with Crippen molar-refractivity contribution in [2.24, 2.45) is 0 Å². The molecular weight excluding hydrogens is 1450 g/mol. The van der Waals surface area contributed by atoms with Crippen LogP contribution in [-0.4, -0.2) is 156 Å². The Morgan fingerprint density at radius 1 is 0.176 bits per heavy atom. The minimum atomic E-state index is -1.61. The molecule has 20 N–H and O–H groups in total. The predicted octanol–water partition coefficient (Wildman–Crippen LogP) is 7.08. The summed E-state index contributed by atoms with van der Waals surface area (Å²) >= 11 is 0. The Bertz CT molecular complexity index is 4920. The van der Waals surface area contributed by atoms with E-state index in [4.69, 9.17) is 42.6 Å². The van der Waals surface area contributed by atoms with Gasteiger partial charge in [-0.1, -0.05) is 0 Å². The van der Waals surface area contributed by atoms with Crippen LogP contribution in [0.2, 0.25) is 0 Å². The molecule has 10 aromatic rings. The number of ether oxygens (including phenoxy) is 9. The van der Waals surface area contributed by atoms with Gasteiger partial charge in [0, 0.05) is 23.8 Å². The molecule has 0 atom stereocenters. The van der Waals surface area contributed by atoms with Crippen molar-refractivity contribution in [3.63, 3.8) is 0 Å². The van der Waals surface area contributed by atoms with Crippen molar-refractivity contribution in [2.45, 2.75) is 6.92 Å². The first-order valence-corrected chi connectivity index (χ1v) is 29.4. The molecule has 10 rings (SSSR count). The first-order valence-electron chi connectivity index (χ1n) is 29.4. The van der Waals surface area contributed by atoms with Crippen LogP contribution in [0.4, 0.5) is 0 Å². The highest BCUT2D eigenvalue weighted by Gasteiger charge is 2.30. The lowest BCUT2D eigenvalue weighted by Crippen LogP contribution is -2.14. The fraction of sp³-hybridized carbons (Fsp3) is 0.0143. The Hall–Kier alpha value is -16.6. The second-order valence-corrected chi connectivity index (χ2v) is 22.1. The SMILES string of the molecule is Cc1c(O)cc(C(=O)Oc2cc(C(=O)Oc3cc(C(=O)Oc4cc(OC(=O)c5cc(O)c(O)c(OC(=O)c6cc(O)c(O)c(OC(=O)c7cc(O)c(O)c(O)c7)c6)c5)cc(OC(=O)c5cc(O)c(O)c(OC(=O)c6cc(O)c(O)c(OC(=O)c7cc(O)c(O)c(O)c7)c6)c5)c4)cc(O)c3O)cc(O)c2O)cc1O. The Morgan fingerprint density at radius 3 is 0.472 bits per heavy atom. The summed E-state index contributed by atoms with van der Waals surface area (Å²) in [6.45, 7) is 1.30. The first kappa shape index (κ1) is 74.1. The summed E-state index contributed by atoms with van der Waals surface area (Å²) in [7, 11) is 0. The van der Waals surface area contributed by atoms with Crippen LogP contribution < -0.4 is 42.6 Å². The molecule has 0 aliphatic carbocycles. The van der Waals surface area contributed by atoms with Gasteiger partial charge < -0.3 is 145 Å². The number of carbonyl (C=O) groups is 9. The van der Waals surface area contributed by atoms with Crippen LogP contribution in [0, 0.1) is 6.92 Å². The fourth-order valence-corrected chi connectivity index (χ4v) is 9.15. The smallest absolute Gasteiger partial charge is 0.343 e. The van der Waals surface area contributed by atoms with Crippen LogP contribution in [0.3, 0.4) is 0 Å². The van der Waals surface area contributed by atoms with Crippen LogP contribution in [-0.2, 0) is 0 Å². The van der Waals surface area contributed by atoms with E-state index >= 15 is 0 Å². The molecule has 38 heteroatoms. The average Bonchev–Trinajstić information content (AvgIpc) is 0.807. The Balaban J connectivity index is 0.935. The number of hydrogen-bond acceptors (Lipinski definition) is 38. The Labute approximate surface area is 596 Å². The molecule has 108 heavy (non-hydrogen) atoms. The van der Waals surface area contributed by atoms with Crippen LogP contribution in [0.25, 0.3) is 0 Å². The molecule has 0 unspecified atom stereocenters. The monoisotopic (exact) mass is 1490 g/mol. The highest BCUT2D eigenvalue weighted by atomic mass is 16.6. The van der Waals surface area contributed by atoms with Crippen LogP contribution in [0.1, 0.15) is 98.8 Å². The zero-order valence-electron chi connectivity index (χ0n) is 53.4. The van der Waals surface area contributed by atoms with Crippen molar-refractivity contribution in [3.05, 3.63) is 183 Å².